The van der Waals surface area contributed by atoms with Crippen LogP contribution in [0.1, 0.15) is 31.2 Å². The van der Waals surface area contributed by atoms with Gasteiger partial charge in [-0.05, 0) is 47.4 Å². The van der Waals surface area contributed by atoms with E-state index < -0.39 is 0 Å². The number of fused-ring (bicyclic) bond motifs is 1. The SMILES string of the molecule is [CH2]CCCCCc1csc2ccc(F)cc12. The topological polar surface area (TPSA) is 0 Å². The second kappa shape index (κ2) is 5.44. The van der Waals surface area contributed by atoms with Crippen LogP contribution in [0.2, 0.25) is 0 Å². The molecule has 1 heterocycles. The highest BCUT2D eigenvalue weighted by molar-refractivity contribution is 7.17. The van der Waals surface area contributed by atoms with E-state index in [2.05, 4.69) is 12.3 Å². The van der Waals surface area contributed by atoms with Gasteiger partial charge in [0, 0.05) is 4.70 Å². The molecule has 2 rings (SSSR count). The molecule has 1 radical (unpaired) electrons. The fourth-order valence-corrected chi connectivity index (χ4v) is 2.89. The van der Waals surface area contributed by atoms with E-state index in [9.17, 15) is 4.39 Å². The first-order valence-electron chi connectivity index (χ1n) is 5.76. The van der Waals surface area contributed by atoms with E-state index in [1.807, 2.05) is 6.07 Å². The maximum absolute atomic E-state index is 13.1. The summed E-state index contributed by atoms with van der Waals surface area (Å²) in [4.78, 5) is 0. The maximum Gasteiger partial charge on any atom is 0.123 e. The van der Waals surface area contributed by atoms with E-state index in [0.29, 0.717) is 0 Å². The second-order valence-corrected chi connectivity index (χ2v) is 4.98. The first-order valence-corrected chi connectivity index (χ1v) is 6.64. The van der Waals surface area contributed by atoms with Crippen molar-refractivity contribution in [2.24, 2.45) is 0 Å². The van der Waals surface area contributed by atoms with Crippen molar-refractivity contribution in [2.45, 2.75) is 32.1 Å². The molecule has 16 heavy (non-hydrogen) atoms. The molecule has 0 aliphatic rings. The van der Waals surface area contributed by atoms with E-state index in [0.717, 1.165) is 18.2 Å². The van der Waals surface area contributed by atoms with Gasteiger partial charge in [0.15, 0.2) is 0 Å². The zero-order valence-corrected chi connectivity index (χ0v) is 10.2. The molecule has 0 aliphatic heterocycles. The molecule has 0 saturated carbocycles. The number of aryl methyl sites for hydroxylation is 1. The fraction of sp³-hybridized carbons (Fsp3) is 0.357. The molecule has 0 nitrogen and oxygen atoms in total. The van der Waals surface area contributed by atoms with Gasteiger partial charge in [0.1, 0.15) is 5.82 Å². The third-order valence-electron chi connectivity index (χ3n) is 2.81. The normalized spacial score (nSPS) is 11.1. The Balaban J connectivity index is 2.09. The minimum atomic E-state index is -0.134. The molecule has 0 fully saturated rings. The van der Waals surface area contributed by atoms with Crippen LogP contribution in [-0.4, -0.2) is 0 Å². The van der Waals surface area contributed by atoms with Crippen molar-refractivity contribution in [1.29, 1.82) is 0 Å². The lowest BCUT2D eigenvalue weighted by Crippen LogP contribution is -1.84. The number of benzene rings is 1. The summed E-state index contributed by atoms with van der Waals surface area (Å²) in [5, 5.41) is 3.26. The molecule has 0 N–H and O–H groups in total. The molecule has 0 aliphatic carbocycles. The lowest BCUT2D eigenvalue weighted by Gasteiger charge is -1.99. The predicted molar refractivity (Wildman–Crippen MR) is 69.3 cm³/mol. The highest BCUT2D eigenvalue weighted by Gasteiger charge is 2.04. The van der Waals surface area contributed by atoms with Crippen LogP contribution in [0.3, 0.4) is 0 Å². The minimum Gasteiger partial charge on any atom is -0.207 e. The van der Waals surface area contributed by atoms with Crippen LogP contribution < -0.4 is 0 Å². The molecule has 0 atom stereocenters. The number of unbranched alkanes of at least 4 members (excludes halogenated alkanes) is 3. The molecular formula is C14H16FS. The fourth-order valence-electron chi connectivity index (χ4n) is 1.92. The molecule has 1 aromatic carbocycles. The van der Waals surface area contributed by atoms with Gasteiger partial charge >= 0.3 is 0 Å². The van der Waals surface area contributed by atoms with Gasteiger partial charge in [-0.2, -0.15) is 0 Å². The Morgan fingerprint density at radius 1 is 1.19 bits per heavy atom. The zero-order valence-electron chi connectivity index (χ0n) is 9.34. The van der Waals surface area contributed by atoms with Crippen molar-refractivity contribution >= 4 is 21.4 Å². The van der Waals surface area contributed by atoms with Gasteiger partial charge < -0.3 is 0 Å². The lowest BCUT2D eigenvalue weighted by atomic mass is 10.1. The van der Waals surface area contributed by atoms with Crippen molar-refractivity contribution in [1.82, 2.24) is 0 Å². The van der Waals surface area contributed by atoms with Crippen LogP contribution in [0.15, 0.2) is 23.6 Å². The van der Waals surface area contributed by atoms with Gasteiger partial charge in [0.05, 0.1) is 0 Å². The smallest absolute Gasteiger partial charge is 0.123 e. The van der Waals surface area contributed by atoms with Gasteiger partial charge in [0.2, 0.25) is 0 Å². The van der Waals surface area contributed by atoms with E-state index in [1.165, 1.54) is 35.6 Å². The average molecular weight is 235 g/mol. The highest BCUT2D eigenvalue weighted by atomic mass is 32.1. The minimum absolute atomic E-state index is 0.134. The molecular weight excluding hydrogens is 219 g/mol. The average Bonchev–Trinajstić information content (AvgIpc) is 2.67. The Labute approximate surface area is 100 Å². The van der Waals surface area contributed by atoms with Crippen LogP contribution in [0.4, 0.5) is 4.39 Å². The van der Waals surface area contributed by atoms with Gasteiger partial charge in [-0.3, -0.25) is 0 Å². The molecule has 2 aromatic rings. The Kier molecular flexibility index (Phi) is 3.94. The quantitative estimate of drug-likeness (QED) is 0.641. The number of halogens is 1. The summed E-state index contributed by atoms with van der Waals surface area (Å²) in [7, 11) is 0. The number of hydrogen-bond donors (Lipinski definition) is 0. The van der Waals surface area contributed by atoms with Gasteiger partial charge in [-0.15, -0.1) is 11.3 Å². The van der Waals surface area contributed by atoms with Crippen LogP contribution >= 0.6 is 11.3 Å². The standard InChI is InChI=1S/C14H16FS/c1-2-3-4-5-6-11-10-16-14-8-7-12(15)9-13(11)14/h7-10H,1-6H2. The zero-order chi connectivity index (χ0) is 11.4. The molecule has 2 heteroatoms. The number of thiophene rings is 1. The van der Waals surface area contributed by atoms with E-state index in [4.69, 9.17) is 0 Å². The van der Waals surface area contributed by atoms with Gasteiger partial charge in [0.25, 0.3) is 0 Å². The maximum atomic E-state index is 13.1. The summed E-state index contributed by atoms with van der Waals surface area (Å²) < 4.78 is 14.3. The van der Waals surface area contributed by atoms with Crippen LogP contribution in [0, 0.1) is 12.7 Å². The summed E-state index contributed by atoms with van der Waals surface area (Å²) in [5.74, 6) is -0.134. The second-order valence-electron chi connectivity index (χ2n) is 4.07. The molecule has 0 unspecified atom stereocenters. The Morgan fingerprint density at radius 3 is 2.88 bits per heavy atom. The summed E-state index contributed by atoms with van der Waals surface area (Å²) >= 11 is 1.71. The Bertz CT molecular complexity index is 459. The van der Waals surface area contributed by atoms with Crippen LogP contribution in [-0.2, 0) is 6.42 Å². The molecule has 0 spiro atoms. The monoisotopic (exact) mass is 235 g/mol. The van der Waals surface area contributed by atoms with Crippen LogP contribution in [0.5, 0.6) is 0 Å². The third-order valence-corrected chi connectivity index (χ3v) is 3.82. The summed E-state index contributed by atoms with van der Waals surface area (Å²) in [6.07, 6.45) is 5.66. The van der Waals surface area contributed by atoms with Crippen molar-refractivity contribution < 1.29 is 4.39 Å². The largest absolute Gasteiger partial charge is 0.207 e. The van der Waals surface area contributed by atoms with Gasteiger partial charge in [-0.1, -0.05) is 26.2 Å². The van der Waals surface area contributed by atoms with Crippen molar-refractivity contribution in [2.75, 3.05) is 0 Å². The van der Waals surface area contributed by atoms with E-state index >= 15 is 0 Å². The number of rotatable bonds is 5. The predicted octanol–water partition coefficient (Wildman–Crippen LogP) is 4.98. The Morgan fingerprint density at radius 2 is 2.06 bits per heavy atom. The van der Waals surface area contributed by atoms with Crippen LogP contribution in [0.25, 0.3) is 10.1 Å². The van der Waals surface area contributed by atoms with Crippen molar-refractivity contribution in [3.8, 4) is 0 Å². The molecule has 0 saturated heterocycles. The summed E-state index contributed by atoms with van der Waals surface area (Å²) in [6, 6.07) is 5.06. The van der Waals surface area contributed by atoms with Crippen molar-refractivity contribution in [3.63, 3.8) is 0 Å². The molecule has 1 aromatic heterocycles. The molecule has 85 valence electrons. The Hall–Kier alpha value is -0.890. The summed E-state index contributed by atoms with van der Waals surface area (Å²) in [6.45, 7) is 3.83. The molecule has 0 bridgehead atoms. The lowest BCUT2D eigenvalue weighted by molar-refractivity contribution is 0.629. The third kappa shape index (κ3) is 2.62. The molecule has 0 amide bonds. The number of hydrogen-bond acceptors (Lipinski definition) is 1. The van der Waals surface area contributed by atoms with E-state index in [1.54, 1.807) is 17.4 Å². The first kappa shape index (κ1) is 11.6. The highest BCUT2D eigenvalue weighted by Crippen LogP contribution is 2.27. The first-order chi connectivity index (χ1) is 7.81. The summed E-state index contributed by atoms with van der Waals surface area (Å²) in [5.41, 5.74) is 1.29. The van der Waals surface area contributed by atoms with Gasteiger partial charge in [-0.25, -0.2) is 4.39 Å². The van der Waals surface area contributed by atoms with Crippen molar-refractivity contribution in [3.05, 3.63) is 41.9 Å². The van der Waals surface area contributed by atoms with E-state index in [-0.39, 0.29) is 5.82 Å².